The van der Waals surface area contributed by atoms with Gasteiger partial charge in [0.2, 0.25) is 5.91 Å². The summed E-state index contributed by atoms with van der Waals surface area (Å²) in [5, 5.41) is 0. The summed E-state index contributed by atoms with van der Waals surface area (Å²) < 4.78 is 0. The quantitative estimate of drug-likeness (QED) is 0.621. The second-order valence-corrected chi connectivity index (χ2v) is 6.33. The normalized spacial score (nSPS) is 17.1. The summed E-state index contributed by atoms with van der Waals surface area (Å²) >= 11 is 0. The van der Waals surface area contributed by atoms with E-state index >= 15 is 0 Å². The number of primary amides is 1. The maximum absolute atomic E-state index is 11.1. The Bertz CT molecular complexity index is 485. The molecule has 22 heavy (non-hydrogen) atoms. The molecule has 1 aromatic carbocycles. The Hall–Kier alpha value is -1.61. The van der Waals surface area contributed by atoms with Crippen LogP contribution in [-0.4, -0.2) is 30.4 Å². The first-order chi connectivity index (χ1) is 10.6. The van der Waals surface area contributed by atoms with Gasteiger partial charge in [-0.2, -0.15) is 0 Å². The van der Waals surface area contributed by atoms with Crippen LogP contribution in [0.25, 0.3) is 0 Å². The van der Waals surface area contributed by atoms with Gasteiger partial charge < -0.3 is 5.73 Å². The fourth-order valence-corrected chi connectivity index (χ4v) is 2.92. The number of carbonyl (C=O) groups excluding carboxylic acids is 1. The Morgan fingerprint density at radius 3 is 2.55 bits per heavy atom. The van der Waals surface area contributed by atoms with Gasteiger partial charge in [0.15, 0.2) is 0 Å². The predicted octanol–water partition coefficient (Wildman–Crippen LogP) is 3.07. The number of likely N-dealkylation sites (tertiary alicyclic amines) is 1. The van der Waals surface area contributed by atoms with Crippen molar-refractivity contribution in [2.24, 2.45) is 11.7 Å². The molecule has 1 aliphatic heterocycles. The number of allylic oxidation sites excluding steroid dienone is 1. The zero-order chi connectivity index (χ0) is 15.8. The van der Waals surface area contributed by atoms with Gasteiger partial charge in [0, 0.05) is 12.5 Å². The highest BCUT2D eigenvalue weighted by molar-refractivity contribution is 5.76. The third kappa shape index (κ3) is 5.64. The van der Waals surface area contributed by atoms with Gasteiger partial charge in [0.1, 0.15) is 0 Å². The van der Waals surface area contributed by atoms with E-state index in [1.165, 1.54) is 17.5 Å². The first kappa shape index (κ1) is 16.8. The molecule has 1 fully saturated rings. The topological polar surface area (TPSA) is 46.3 Å². The Balaban J connectivity index is 1.57. The summed E-state index contributed by atoms with van der Waals surface area (Å²) in [6.45, 7) is 5.09. The van der Waals surface area contributed by atoms with E-state index in [4.69, 9.17) is 5.73 Å². The molecule has 0 aromatic heterocycles. The average molecular weight is 300 g/mol. The maximum atomic E-state index is 11.1. The monoisotopic (exact) mass is 300 g/mol. The number of hydrogen-bond acceptors (Lipinski definition) is 2. The molecule has 1 aromatic rings. The van der Waals surface area contributed by atoms with Crippen molar-refractivity contribution >= 4 is 5.91 Å². The van der Waals surface area contributed by atoms with E-state index in [1.54, 1.807) is 0 Å². The number of amides is 1. The molecule has 3 heteroatoms. The third-order valence-corrected chi connectivity index (χ3v) is 4.48. The van der Waals surface area contributed by atoms with E-state index in [2.05, 4.69) is 48.2 Å². The van der Waals surface area contributed by atoms with Gasteiger partial charge in [0.25, 0.3) is 0 Å². The second-order valence-electron chi connectivity index (χ2n) is 6.33. The van der Waals surface area contributed by atoms with Crippen LogP contribution in [0.15, 0.2) is 36.4 Å². The van der Waals surface area contributed by atoms with Crippen LogP contribution in [-0.2, 0) is 11.2 Å². The summed E-state index contributed by atoms with van der Waals surface area (Å²) in [6.07, 6.45) is 9.85. The molecule has 0 spiro atoms. The number of aryl methyl sites for hydroxylation is 2. The van der Waals surface area contributed by atoms with Gasteiger partial charge >= 0.3 is 0 Å². The highest BCUT2D eigenvalue weighted by Crippen LogP contribution is 2.16. The van der Waals surface area contributed by atoms with Gasteiger partial charge in [-0.1, -0.05) is 42.0 Å². The Labute approximate surface area is 134 Å². The molecule has 0 radical (unpaired) electrons. The lowest BCUT2D eigenvalue weighted by Gasteiger charge is -2.29. The Morgan fingerprint density at radius 2 is 1.91 bits per heavy atom. The van der Waals surface area contributed by atoms with Crippen LogP contribution in [0.2, 0.25) is 0 Å². The highest BCUT2D eigenvalue weighted by atomic mass is 16.1. The summed E-state index contributed by atoms with van der Waals surface area (Å²) in [5.74, 6) is -0.0407. The van der Waals surface area contributed by atoms with Crippen molar-refractivity contribution < 1.29 is 4.79 Å². The van der Waals surface area contributed by atoms with Gasteiger partial charge in [-0.15, -0.1) is 0 Å². The molecule has 1 amide bonds. The number of rotatable bonds is 7. The number of benzene rings is 1. The number of unbranched alkanes of at least 4 members (excludes halogenated alkanes) is 1. The first-order valence-corrected chi connectivity index (χ1v) is 8.37. The maximum Gasteiger partial charge on any atom is 0.220 e. The molecular formula is C19H28N2O. The average Bonchev–Trinajstić information content (AvgIpc) is 2.53. The van der Waals surface area contributed by atoms with E-state index in [0.29, 0.717) is 0 Å². The zero-order valence-electron chi connectivity index (χ0n) is 13.6. The number of piperidine rings is 1. The summed E-state index contributed by atoms with van der Waals surface area (Å²) in [7, 11) is 0. The van der Waals surface area contributed by atoms with Crippen LogP contribution in [0.4, 0.5) is 0 Å². The Morgan fingerprint density at radius 1 is 1.23 bits per heavy atom. The summed E-state index contributed by atoms with van der Waals surface area (Å²) in [6, 6.07) is 8.81. The smallest absolute Gasteiger partial charge is 0.220 e. The molecule has 3 nitrogen and oxygen atoms in total. The molecule has 1 aliphatic rings. The van der Waals surface area contributed by atoms with Crippen molar-refractivity contribution in [3.8, 4) is 0 Å². The van der Waals surface area contributed by atoms with Gasteiger partial charge in [0.05, 0.1) is 0 Å². The minimum Gasteiger partial charge on any atom is -0.369 e. The number of carbonyl (C=O) groups is 1. The van der Waals surface area contributed by atoms with E-state index in [9.17, 15) is 4.79 Å². The molecule has 0 unspecified atom stereocenters. The number of nitrogens with zero attached hydrogens (tertiary/aromatic N) is 1. The minimum absolute atomic E-state index is 0.0924. The zero-order valence-corrected chi connectivity index (χ0v) is 13.6. The summed E-state index contributed by atoms with van der Waals surface area (Å²) in [4.78, 5) is 13.5. The number of hydrogen-bond donors (Lipinski definition) is 1. The second kappa shape index (κ2) is 8.74. The summed E-state index contributed by atoms with van der Waals surface area (Å²) in [5.41, 5.74) is 8.10. The number of nitrogens with two attached hydrogens (primary N) is 1. The molecule has 0 bridgehead atoms. The van der Waals surface area contributed by atoms with Crippen molar-refractivity contribution in [3.05, 3.63) is 47.5 Å². The van der Waals surface area contributed by atoms with Crippen LogP contribution in [0.3, 0.4) is 0 Å². The largest absolute Gasteiger partial charge is 0.369 e. The molecule has 2 N–H and O–H groups in total. The van der Waals surface area contributed by atoms with Crippen LogP contribution >= 0.6 is 0 Å². The fourth-order valence-electron chi connectivity index (χ4n) is 2.92. The van der Waals surface area contributed by atoms with Gasteiger partial charge in [-0.05, 0) is 57.7 Å². The van der Waals surface area contributed by atoms with E-state index in [-0.39, 0.29) is 11.8 Å². The highest BCUT2D eigenvalue weighted by Gasteiger charge is 2.21. The molecule has 1 heterocycles. The van der Waals surface area contributed by atoms with Crippen molar-refractivity contribution in [1.29, 1.82) is 0 Å². The molecular weight excluding hydrogens is 272 g/mol. The Kier molecular flexibility index (Phi) is 6.66. The molecule has 0 atom stereocenters. The van der Waals surface area contributed by atoms with Crippen LogP contribution < -0.4 is 5.73 Å². The van der Waals surface area contributed by atoms with E-state index in [0.717, 1.165) is 45.3 Å². The van der Waals surface area contributed by atoms with E-state index in [1.807, 2.05) is 0 Å². The third-order valence-electron chi connectivity index (χ3n) is 4.48. The van der Waals surface area contributed by atoms with Crippen molar-refractivity contribution in [3.63, 3.8) is 0 Å². The molecule has 120 valence electrons. The van der Waals surface area contributed by atoms with Gasteiger partial charge in [-0.25, -0.2) is 0 Å². The molecule has 0 aliphatic carbocycles. The van der Waals surface area contributed by atoms with Gasteiger partial charge in [-0.3, -0.25) is 9.69 Å². The first-order valence-electron chi connectivity index (χ1n) is 8.37. The standard InChI is InChI=1S/C19H28N2O/c1-16-7-9-17(10-8-16)6-4-2-3-5-13-21-14-11-18(12-15-21)19(20)22/h3,5,7-10,18H,2,4,6,11-15H2,1H3,(H2,20,22)/b5-3+. The molecule has 2 rings (SSSR count). The van der Waals surface area contributed by atoms with Crippen molar-refractivity contribution in [2.45, 2.75) is 39.0 Å². The van der Waals surface area contributed by atoms with Crippen LogP contribution in [0, 0.1) is 12.8 Å². The fraction of sp³-hybridized carbons (Fsp3) is 0.526. The SMILES string of the molecule is Cc1ccc(CCC/C=C/CN2CCC(C(N)=O)CC2)cc1. The van der Waals surface area contributed by atoms with Crippen molar-refractivity contribution in [1.82, 2.24) is 4.90 Å². The van der Waals surface area contributed by atoms with Crippen LogP contribution in [0.5, 0.6) is 0 Å². The lowest BCUT2D eigenvalue weighted by Crippen LogP contribution is -2.38. The van der Waals surface area contributed by atoms with Crippen molar-refractivity contribution in [2.75, 3.05) is 19.6 Å². The lowest BCUT2D eigenvalue weighted by molar-refractivity contribution is -0.123. The van der Waals surface area contributed by atoms with Crippen LogP contribution in [0.1, 0.15) is 36.8 Å². The van der Waals surface area contributed by atoms with E-state index < -0.39 is 0 Å². The molecule has 1 saturated heterocycles. The minimum atomic E-state index is -0.133. The molecule has 0 saturated carbocycles. The lowest BCUT2D eigenvalue weighted by atomic mass is 9.96. The predicted molar refractivity (Wildman–Crippen MR) is 91.6 cm³/mol.